The molecule has 2 N–H and O–H groups in total. The lowest BCUT2D eigenvalue weighted by atomic mass is 10.3. The van der Waals surface area contributed by atoms with Crippen LogP contribution < -0.4 is 0 Å². The summed E-state index contributed by atoms with van der Waals surface area (Å²) in [6.45, 7) is 0.343. The second-order valence-electron chi connectivity index (χ2n) is 1.29. The lowest BCUT2D eigenvalue weighted by molar-refractivity contribution is 0.252. The summed E-state index contributed by atoms with van der Waals surface area (Å²) in [6, 6.07) is 0. The molecule has 0 fully saturated rings. The van der Waals surface area contributed by atoms with E-state index >= 15 is 0 Å². The van der Waals surface area contributed by atoms with Crippen LogP contribution in [-0.2, 0) is 0 Å². The molecule has 44 valence electrons. The van der Waals surface area contributed by atoms with Gasteiger partial charge < -0.3 is 10.2 Å². The third-order valence-electron chi connectivity index (χ3n) is 0.640. The van der Waals surface area contributed by atoms with Crippen molar-refractivity contribution in [2.24, 2.45) is 0 Å². The Kier molecular flexibility index (Phi) is 5.25. The molecule has 0 aromatic rings. The average molecular weight is 216 g/mol. The average Bonchev–Trinajstić information content (AvgIpc) is 1.68. The maximum absolute atomic E-state index is 8.35. The number of aliphatic hydroxyl groups is 2. The van der Waals surface area contributed by atoms with Gasteiger partial charge in [0.25, 0.3) is 0 Å². The minimum Gasteiger partial charge on any atom is -0.396 e. The zero-order chi connectivity index (χ0) is 5.70. The fourth-order valence-corrected chi connectivity index (χ4v) is 0.510. The maximum atomic E-state index is 8.35. The number of aliphatic hydroxyl groups excluding tert-OH is 2. The van der Waals surface area contributed by atoms with Gasteiger partial charge >= 0.3 is 0 Å². The van der Waals surface area contributed by atoms with Gasteiger partial charge in [-0.15, -0.1) is 0 Å². The highest BCUT2D eigenvalue weighted by atomic mass is 127. The van der Waals surface area contributed by atoms with E-state index < -0.39 is 0 Å². The third-order valence-corrected chi connectivity index (χ3v) is 1.66. The first kappa shape index (κ1) is 7.65. The SMILES string of the molecule is OCCC(I)CO. The van der Waals surface area contributed by atoms with Crippen LogP contribution in [0.15, 0.2) is 0 Å². The molecule has 1 unspecified atom stereocenters. The van der Waals surface area contributed by atoms with Gasteiger partial charge in [0.15, 0.2) is 0 Å². The topological polar surface area (TPSA) is 40.5 Å². The summed E-state index contributed by atoms with van der Waals surface area (Å²) in [6.07, 6.45) is 0.692. The molecular formula is C4H9IO2. The minimum absolute atomic E-state index is 0.168. The Morgan fingerprint density at radius 1 is 1.43 bits per heavy atom. The van der Waals surface area contributed by atoms with Crippen molar-refractivity contribution in [1.29, 1.82) is 0 Å². The van der Waals surface area contributed by atoms with Gasteiger partial charge in [0.05, 0.1) is 6.61 Å². The Morgan fingerprint density at radius 2 is 2.00 bits per heavy atom. The van der Waals surface area contributed by atoms with E-state index in [0.29, 0.717) is 6.42 Å². The third kappa shape index (κ3) is 4.50. The van der Waals surface area contributed by atoms with Crippen molar-refractivity contribution in [3.05, 3.63) is 0 Å². The molecule has 0 rings (SSSR count). The minimum atomic E-state index is 0.168. The predicted octanol–water partition coefficient (Wildman–Crippen LogP) is 0.165. The van der Waals surface area contributed by atoms with Crippen molar-refractivity contribution in [2.45, 2.75) is 10.3 Å². The molecule has 0 saturated heterocycles. The van der Waals surface area contributed by atoms with E-state index in [9.17, 15) is 0 Å². The summed E-state index contributed by atoms with van der Waals surface area (Å²) in [5.74, 6) is 0. The molecule has 0 amide bonds. The molecule has 0 bridgehead atoms. The smallest absolute Gasteiger partial charge is 0.0549 e. The molecule has 0 spiro atoms. The number of hydrogen-bond acceptors (Lipinski definition) is 2. The molecule has 0 aromatic carbocycles. The molecule has 0 radical (unpaired) electrons. The van der Waals surface area contributed by atoms with Gasteiger partial charge in [-0.1, -0.05) is 22.6 Å². The highest BCUT2D eigenvalue weighted by molar-refractivity contribution is 14.1. The first-order valence-electron chi connectivity index (χ1n) is 2.17. The van der Waals surface area contributed by atoms with Crippen LogP contribution in [0, 0.1) is 0 Å². The van der Waals surface area contributed by atoms with Crippen molar-refractivity contribution < 1.29 is 10.2 Å². The number of alkyl halides is 1. The number of rotatable bonds is 3. The van der Waals surface area contributed by atoms with Crippen molar-refractivity contribution in [1.82, 2.24) is 0 Å². The fourth-order valence-electron chi connectivity index (χ4n) is 0.231. The predicted molar refractivity (Wildman–Crippen MR) is 36.6 cm³/mol. The van der Waals surface area contributed by atoms with Gasteiger partial charge in [-0.25, -0.2) is 0 Å². The highest BCUT2D eigenvalue weighted by Crippen LogP contribution is 2.01. The zero-order valence-electron chi connectivity index (χ0n) is 3.97. The zero-order valence-corrected chi connectivity index (χ0v) is 6.13. The van der Waals surface area contributed by atoms with Crippen molar-refractivity contribution in [2.75, 3.05) is 13.2 Å². The molecule has 7 heavy (non-hydrogen) atoms. The van der Waals surface area contributed by atoms with Gasteiger partial charge in [0.2, 0.25) is 0 Å². The molecule has 0 saturated carbocycles. The summed E-state index contributed by atoms with van der Waals surface area (Å²) in [4.78, 5) is 0. The molecule has 0 aliphatic rings. The van der Waals surface area contributed by atoms with E-state index in [1.807, 2.05) is 0 Å². The van der Waals surface area contributed by atoms with Crippen molar-refractivity contribution in [3.8, 4) is 0 Å². The van der Waals surface area contributed by atoms with Crippen LogP contribution in [0.2, 0.25) is 0 Å². The van der Waals surface area contributed by atoms with Gasteiger partial charge in [-0.2, -0.15) is 0 Å². The summed E-state index contributed by atoms with van der Waals surface area (Å²) in [7, 11) is 0. The molecule has 0 aliphatic carbocycles. The Morgan fingerprint density at radius 3 is 2.14 bits per heavy atom. The largest absolute Gasteiger partial charge is 0.396 e. The van der Waals surface area contributed by atoms with Crippen LogP contribution in [0.5, 0.6) is 0 Å². The van der Waals surface area contributed by atoms with Crippen LogP contribution >= 0.6 is 22.6 Å². The monoisotopic (exact) mass is 216 g/mol. The first-order valence-corrected chi connectivity index (χ1v) is 3.41. The number of hydrogen-bond donors (Lipinski definition) is 2. The lowest BCUT2D eigenvalue weighted by Gasteiger charge is -1.99. The van der Waals surface area contributed by atoms with Crippen LogP contribution in [-0.4, -0.2) is 27.4 Å². The van der Waals surface area contributed by atoms with Crippen LogP contribution in [0.4, 0.5) is 0 Å². The Labute approximate surface area is 56.7 Å². The molecule has 0 aliphatic heterocycles. The van der Waals surface area contributed by atoms with E-state index in [0.717, 1.165) is 0 Å². The molecular weight excluding hydrogens is 207 g/mol. The summed E-state index contributed by atoms with van der Waals surface area (Å²) in [5.41, 5.74) is 0. The number of halogens is 1. The molecule has 0 aromatic heterocycles. The second kappa shape index (κ2) is 4.80. The van der Waals surface area contributed by atoms with Crippen molar-refractivity contribution >= 4 is 22.6 Å². The van der Waals surface area contributed by atoms with E-state index in [4.69, 9.17) is 10.2 Å². The molecule has 3 heteroatoms. The van der Waals surface area contributed by atoms with Crippen LogP contribution in [0.3, 0.4) is 0 Å². The van der Waals surface area contributed by atoms with E-state index in [1.165, 1.54) is 0 Å². The van der Waals surface area contributed by atoms with Gasteiger partial charge in [-0.05, 0) is 6.42 Å². The Bertz CT molecular complexity index is 40.7. The molecule has 0 heterocycles. The quantitative estimate of drug-likeness (QED) is 0.521. The van der Waals surface area contributed by atoms with Gasteiger partial charge in [0.1, 0.15) is 0 Å². The lowest BCUT2D eigenvalue weighted by Crippen LogP contribution is -2.04. The Hall–Kier alpha value is 0.650. The highest BCUT2D eigenvalue weighted by Gasteiger charge is 1.97. The summed E-state index contributed by atoms with van der Waals surface area (Å²) >= 11 is 2.10. The van der Waals surface area contributed by atoms with Crippen LogP contribution in [0.25, 0.3) is 0 Å². The van der Waals surface area contributed by atoms with E-state index in [-0.39, 0.29) is 17.1 Å². The normalized spacial score (nSPS) is 14.1. The maximum Gasteiger partial charge on any atom is 0.0549 e. The van der Waals surface area contributed by atoms with Gasteiger partial charge in [-0.3, -0.25) is 0 Å². The second-order valence-corrected chi connectivity index (χ2v) is 3.05. The summed E-state index contributed by atoms with van der Waals surface area (Å²) < 4.78 is 0.225. The standard InChI is InChI=1S/C4H9IO2/c5-4(3-7)1-2-6/h4,6-7H,1-3H2. The van der Waals surface area contributed by atoms with Crippen molar-refractivity contribution in [3.63, 3.8) is 0 Å². The molecule has 1 atom stereocenters. The van der Waals surface area contributed by atoms with Gasteiger partial charge in [0, 0.05) is 10.5 Å². The van der Waals surface area contributed by atoms with Crippen LogP contribution in [0.1, 0.15) is 6.42 Å². The van der Waals surface area contributed by atoms with E-state index in [2.05, 4.69) is 22.6 Å². The molecule has 2 nitrogen and oxygen atoms in total. The fraction of sp³-hybridized carbons (Fsp3) is 1.00. The first-order chi connectivity index (χ1) is 3.31. The summed E-state index contributed by atoms with van der Waals surface area (Å²) in [5, 5.41) is 16.6. The Balaban J connectivity index is 2.83. The van der Waals surface area contributed by atoms with E-state index in [1.54, 1.807) is 0 Å².